The molecule has 1 unspecified atom stereocenters. The van der Waals surface area contributed by atoms with Crippen molar-refractivity contribution in [2.45, 2.75) is 18.9 Å². The van der Waals surface area contributed by atoms with E-state index in [2.05, 4.69) is 17.4 Å². The SMILES string of the molecule is CSCC(=O)NC1CC(=O)N(CCc2ccccc2)C1. The van der Waals surface area contributed by atoms with Crippen molar-refractivity contribution in [1.29, 1.82) is 0 Å². The average molecular weight is 292 g/mol. The van der Waals surface area contributed by atoms with Gasteiger partial charge in [-0.25, -0.2) is 0 Å². The summed E-state index contributed by atoms with van der Waals surface area (Å²) >= 11 is 1.49. The molecule has 0 saturated carbocycles. The van der Waals surface area contributed by atoms with Gasteiger partial charge in [0.2, 0.25) is 11.8 Å². The van der Waals surface area contributed by atoms with Gasteiger partial charge in [-0.1, -0.05) is 30.3 Å². The van der Waals surface area contributed by atoms with E-state index in [1.165, 1.54) is 17.3 Å². The summed E-state index contributed by atoms with van der Waals surface area (Å²) < 4.78 is 0. The minimum atomic E-state index is -0.0297. The summed E-state index contributed by atoms with van der Waals surface area (Å²) in [6.45, 7) is 1.35. The van der Waals surface area contributed by atoms with Crippen molar-refractivity contribution in [2.24, 2.45) is 0 Å². The molecule has 0 spiro atoms. The van der Waals surface area contributed by atoms with Gasteiger partial charge in [0.25, 0.3) is 0 Å². The lowest BCUT2D eigenvalue weighted by Gasteiger charge is -2.17. The Morgan fingerprint density at radius 2 is 2.15 bits per heavy atom. The monoisotopic (exact) mass is 292 g/mol. The Bertz CT molecular complexity index is 464. The Balaban J connectivity index is 1.79. The van der Waals surface area contributed by atoms with Crippen LogP contribution in [0.2, 0.25) is 0 Å². The number of hydrogen-bond donors (Lipinski definition) is 1. The van der Waals surface area contributed by atoms with Crippen LogP contribution in [0.3, 0.4) is 0 Å². The van der Waals surface area contributed by atoms with Gasteiger partial charge in [-0.2, -0.15) is 11.8 Å². The van der Waals surface area contributed by atoms with Gasteiger partial charge in [-0.15, -0.1) is 0 Å². The Morgan fingerprint density at radius 1 is 1.40 bits per heavy atom. The van der Waals surface area contributed by atoms with Crippen LogP contribution in [0.15, 0.2) is 30.3 Å². The van der Waals surface area contributed by atoms with E-state index in [9.17, 15) is 9.59 Å². The van der Waals surface area contributed by atoms with Gasteiger partial charge in [0.05, 0.1) is 11.8 Å². The summed E-state index contributed by atoms with van der Waals surface area (Å²) in [4.78, 5) is 25.3. The highest BCUT2D eigenvalue weighted by atomic mass is 32.2. The first kappa shape index (κ1) is 14.9. The van der Waals surface area contributed by atoms with Crippen LogP contribution in [0.5, 0.6) is 0 Å². The van der Waals surface area contributed by atoms with E-state index < -0.39 is 0 Å². The zero-order valence-corrected chi connectivity index (χ0v) is 12.5. The summed E-state index contributed by atoms with van der Waals surface area (Å²) in [5.41, 5.74) is 1.23. The van der Waals surface area contributed by atoms with Crippen LogP contribution in [-0.4, -0.2) is 47.9 Å². The fourth-order valence-corrected chi connectivity index (χ4v) is 2.74. The topological polar surface area (TPSA) is 49.4 Å². The molecule has 5 heteroatoms. The molecule has 0 radical (unpaired) electrons. The van der Waals surface area contributed by atoms with E-state index in [0.717, 1.165) is 13.0 Å². The molecule has 108 valence electrons. The standard InChI is InChI=1S/C15H20N2O2S/c1-20-11-14(18)16-13-9-15(19)17(10-13)8-7-12-5-3-2-4-6-12/h2-6,13H,7-11H2,1H3,(H,16,18). The average Bonchev–Trinajstić information content (AvgIpc) is 2.78. The Hall–Kier alpha value is -1.49. The lowest BCUT2D eigenvalue weighted by molar-refractivity contribution is -0.127. The van der Waals surface area contributed by atoms with Crippen molar-refractivity contribution in [3.05, 3.63) is 35.9 Å². The number of amides is 2. The quantitative estimate of drug-likeness (QED) is 0.860. The van der Waals surface area contributed by atoms with Crippen LogP contribution in [0.1, 0.15) is 12.0 Å². The van der Waals surface area contributed by atoms with Crippen LogP contribution in [0.4, 0.5) is 0 Å². The van der Waals surface area contributed by atoms with Crippen LogP contribution in [-0.2, 0) is 16.0 Å². The highest BCUT2D eigenvalue weighted by Gasteiger charge is 2.29. The van der Waals surface area contributed by atoms with Gasteiger partial charge in [-0.05, 0) is 18.2 Å². The molecule has 1 aliphatic heterocycles. The molecule has 0 bridgehead atoms. The number of likely N-dealkylation sites (tertiary alicyclic amines) is 1. The lowest BCUT2D eigenvalue weighted by Crippen LogP contribution is -2.38. The molecule has 1 aliphatic rings. The third-order valence-electron chi connectivity index (χ3n) is 3.37. The maximum Gasteiger partial charge on any atom is 0.230 e. The lowest BCUT2D eigenvalue weighted by atomic mass is 10.1. The molecule has 1 atom stereocenters. The molecule has 0 aromatic heterocycles. The molecule has 1 aromatic carbocycles. The van der Waals surface area contributed by atoms with E-state index in [0.29, 0.717) is 18.7 Å². The first-order valence-corrected chi connectivity index (χ1v) is 8.18. The molecule has 4 nitrogen and oxygen atoms in total. The molecule has 1 aromatic rings. The van der Waals surface area contributed by atoms with Gasteiger partial charge >= 0.3 is 0 Å². The number of carbonyl (C=O) groups is 2. The van der Waals surface area contributed by atoms with Gasteiger partial charge < -0.3 is 10.2 Å². The highest BCUT2D eigenvalue weighted by Crippen LogP contribution is 2.12. The van der Waals surface area contributed by atoms with Crippen molar-refractivity contribution in [1.82, 2.24) is 10.2 Å². The van der Waals surface area contributed by atoms with E-state index in [4.69, 9.17) is 0 Å². The highest BCUT2D eigenvalue weighted by molar-refractivity contribution is 7.99. The fraction of sp³-hybridized carbons (Fsp3) is 0.467. The molecule has 0 aliphatic carbocycles. The largest absolute Gasteiger partial charge is 0.350 e. The van der Waals surface area contributed by atoms with Gasteiger partial charge in [0.1, 0.15) is 0 Å². The number of benzene rings is 1. The van der Waals surface area contributed by atoms with Gasteiger partial charge in [0.15, 0.2) is 0 Å². The minimum Gasteiger partial charge on any atom is -0.350 e. The smallest absolute Gasteiger partial charge is 0.230 e. The van der Waals surface area contributed by atoms with Crippen molar-refractivity contribution in [3.63, 3.8) is 0 Å². The molecule has 1 fully saturated rings. The summed E-state index contributed by atoms with van der Waals surface area (Å²) in [6.07, 6.45) is 3.18. The second-order valence-electron chi connectivity index (χ2n) is 4.98. The van der Waals surface area contributed by atoms with Crippen molar-refractivity contribution in [3.8, 4) is 0 Å². The summed E-state index contributed by atoms with van der Waals surface area (Å²) in [7, 11) is 0. The van der Waals surface area contributed by atoms with E-state index >= 15 is 0 Å². The minimum absolute atomic E-state index is 0.0141. The fourth-order valence-electron chi connectivity index (χ4n) is 2.39. The maximum atomic E-state index is 11.9. The number of nitrogens with one attached hydrogen (secondary N) is 1. The van der Waals surface area contributed by atoms with Gasteiger partial charge in [-0.3, -0.25) is 9.59 Å². The second kappa shape index (κ2) is 7.33. The van der Waals surface area contributed by atoms with Crippen molar-refractivity contribution < 1.29 is 9.59 Å². The summed E-state index contributed by atoms with van der Waals surface area (Å²) in [5, 5.41) is 2.92. The predicted octanol–water partition coefficient (Wildman–Crippen LogP) is 1.31. The zero-order valence-electron chi connectivity index (χ0n) is 11.7. The van der Waals surface area contributed by atoms with Gasteiger partial charge in [0, 0.05) is 19.5 Å². The van der Waals surface area contributed by atoms with Crippen LogP contribution < -0.4 is 5.32 Å². The first-order chi connectivity index (χ1) is 9.69. The predicted molar refractivity (Wildman–Crippen MR) is 81.7 cm³/mol. The van der Waals surface area contributed by atoms with Crippen LogP contribution in [0, 0.1) is 0 Å². The molecule has 20 heavy (non-hydrogen) atoms. The maximum absolute atomic E-state index is 11.9. The Labute approximate surface area is 123 Å². The van der Waals surface area contributed by atoms with Crippen molar-refractivity contribution in [2.75, 3.05) is 25.1 Å². The Kier molecular flexibility index (Phi) is 5.47. The van der Waals surface area contributed by atoms with E-state index in [1.807, 2.05) is 29.4 Å². The number of nitrogens with zero attached hydrogens (tertiary/aromatic N) is 1. The molecule has 1 heterocycles. The summed E-state index contributed by atoms with van der Waals surface area (Å²) in [6, 6.07) is 10.1. The third kappa shape index (κ3) is 4.27. The number of thioether (sulfide) groups is 1. The van der Waals surface area contributed by atoms with Crippen LogP contribution in [0.25, 0.3) is 0 Å². The molecule has 2 amide bonds. The first-order valence-electron chi connectivity index (χ1n) is 6.79. The molecular weight excluding hydrogens is 272 g/mol. The van der Waals surface area contributed by atoms with Crippen LogP contribution >= 0.6 is 11.8 Å². The second-order valence-corrected chi connectivity index (χ2v) is 5.84. The number of carbonyl (C=O) groups excluding carboxylic acids is 2. The van der Waals surface area contributed by atoms with E-state index in [-0.39, 0.29) is 17.9 Å². The molecular formula is C15H20N2O2S. The molecule has 1 N–H and O–H groups in total. The number of hydrogen-bond acceptors (Lipinski definition) is 3. The number of rotatable bonds is 6. The third-order valence-corrected chi connectivity index (χ3v) is 3.92. The zero-order chi connectivity index (χ0) is 14.4. The summed E-state index contributed by atoms with van der Waals surface area (Å²) in [5.74, 6) is 0.602. The Morgan fingerprint density at radius 3 is 2.85 bits per heavy atom. The van der Waals surface area contributed by atoms with Crippen molar-refractivity contribution >= 4 is 23.6 Å². The molecule has 1 saturated heterocycles. The van der Waals surface area contributed by atoms with E-state index in [1.54, 1.807) is 0 Å². The normalized spacial score (nSPS) is 18.4. The molecule has 2 rings (SSSR count).